The van der Waals surface area contributed by atoms with Gasteiger partial charge in [-0.1, -0.05) is 18.2 Å². The zero-order valence-electron chi connectivity index (χ0n) is 12.6. The van der Waals surface area contributed by atoms with E-state index in [2.05, 4.69) is 5.32 Å². The van der Waals surface area contributed by atoms with Crippen molar-refractivity contribution in [1.82, 2.24) is 4.90 Å². The van der Waals surface area contributed by atoms with Gasteiger partial charge in [-0.05, 0) is 31.5 Å². The Hall–Kier alpha value is -2.14. The van der Waals surface area contributed by atoms with Crippen molar-refractivity contribution in [2.24, 2.45) is 0 Å². The molecular formula is C16H18N2O2S. The molecule has 110 valence electrons. The van der Waals surface area contributed by atoms with Gasteiger partial charge in [-0.15, -0.1) is 11.3 Å². The molecule has 0 fully saturated rings. The number of carbonyl (C=O) groups is 2. The Morgan fingerprint density at radius 2 is 1.71 bits per heavy atom. The monoisotopic (exact) mass is 302 g/mol. The second kappa shape index (κ2) is 6.10. The summed E-state index contributed by atoms with van der Waals surface area (Å²) in [6, 6.07) is 8.98. The minimum Gasteiger partial charge on any atom is -0.344 e. The molecule has 1 N–H and O–H groups in total. The van der Waals surface area contributed by atoms with Gasteiger partial charge in [0.2, 0.25) is 0 Å². The Balaban J connectivity index is 2.36. The van der Waals surface area contributed by atoms with Crippen molar-refractivity contribution in [2.45, 2.75) is 13.8 Å². The number of carbonyl (C=O) groups excluding carboxylic acids is 2. The predicted octanol–water partition coefficient (Wildman–Crippen LogP) is 3.32. The van der Waals surface area contributed by atoms with Gasteiger partial charge in [-0.3, -0.25) is 9.59 Å². The third-order valence-corrected chi connectivity index (χ3v) is 4.46. The van der Waals surface area contributed by atoms with Gasteiger partial charge < -0.3 is 10.2 Å². The van der Waals surface area contributed by atoms with Gasteiger partial charge in [0.25, 0.3) is 11.8 Å². The van der Waals surface area contributed by atoms with E-state index >= 15 is 0 Å². The summed E-state index contributed by atoms with van der Waals surface area (Å²) in [5.41, 5.74) is 2.13. The predicted molar refractivity (Wildman–Crippen MR) is 86.2 cm³/mol. The van der Waals surface area contributed by atoms with Crippen LogP contribution in [0.1, 0.15) is 30.5 Å². The number of benzene rings is 1. The molecule has 2 rings (SSSR count). The summed E-state index contributed by atoms with van der Waals surface area (Å²) in [5, 5.41) is 2.88. The third-order valence-electron chi connectivity index (χ3n) is 3.26. The van der Waals surface area contributed by atoms with Crippen LogP contribution in [-0.2, 0) is 0 Å². The first kappa shape index (κ1) is 15.3. The van der Waals surface area contributed by atoms with Gasteiger partial charge in [0.05, 0.1) is 5.69 Å². The lowest BCUT2D eigenvalue weighted by molar-refractivity contribution is 0.0833. The largest absolute Gasteiger partial charge is 0.344 e. The van der Waals surface area contributed by atoms with Crippen LogP contribution in [0, 0.1) is 13.8 Å². The lowest BCUT2D eigenvalue weighted by Crippen LogP contribution is -2.23. The number of aryl methyl sites for hydroxylation is 1. The molecule has 0 saturated carbocycles. The second-order valence-corrected chi connectivity index (χ2v) is 6.23. The van der Waals surface area contributed by atoms with Crippen molar-refractivity contribution in [3.8, 4) is 0 Å². The molecule has 4 nitrogen and oxygen atoms in total. The van der Waals surface area contributed by atoms with E-state index in [4.69, 9.17) is 0 Å². The smallest absolute Gasteiger partial charge is 0.265 e. The lowest BCUT2D eigenvalue weighted by atomic mass is 10.1. The van der Waals surface area contributed by atoms with E-state index in [1.54, 1.807) is 26.2 Å². The molecule has 0 radical (unpaired) electrons. The molecule has 0 unspecified atom stereocenters. The van der Waals surface area contributed by atoms with Gasteiger partial charge in [-0.2, -0.15) is 0 Å². The first-order valence-corrected chi connectivity index (χ1v) is 7.41. The minimum absolute atomic E-state index is 0.0976. The molecule has 1 aromatic heterocycles. The van der Waals surface area contributed by atoms with E-state index in [1.165, 1.54) is 16.2 Å². The number of anilines is 1. The van der Waals surface area contributed by atoms with E-state index in [-0.39, 0.29) is 11.8 Å². The zero-order valence-corrected chi connectivity index (χ0v) is 13.4. The van der Waals surface area contributed by atoms with Crippen LogP contribution in [0.3, 0.4) is 0 Å². The van der Waals surface area contributed by atoms with E-state index in [9.17, 15) is 9.59 Å². The third kappa shape index (κ3) is 3.13. The number of nitrogens with zero attached hydrogens (tertiary/aromatic N) is 1. The summed E-state index contributed by atoms with van der Waals surface area (Å²) in [5.74, 6) is -0.302. The topological polar surface area (TPSA) is 49.4 Å². The Kier molecular flexibility index (Phi) is 4.43. The number of amides is 2. The number of thiophene rings is 1. The molecule has 0 saturated heterocycles. The molecule has 2 amide bonds. The molecule has 1 heterocycles. The van der Waals surface area contributed by atoms with Crippen LogP contribution in [0.25, 0.3) is 0 Å². The molecule has 0 atom stereocenters. The van der Waals surface area contributed by atoms with Crippen LogP contribution < -0.4 is 5.32 Å². The molecule has 0 aliphatic rings. The fourth-order valence-electron chi connectivity index (χ4n) is 1.91. The van der Waals surface area contributed by atoms with Crippen molar-refractivity contribution in [1.29, 1.82) is 0 Å². The zero-order chi connectivity index (χ0) is 15.6. The maximum absolute atomic E-state index is 12.3. The van der Waals surface area contributed by atoms with E-state index < -0.39 is 0 Å². The highest BCUT2D eigenvalue weighted by Crippen LogP contribution is 2.33. The Bertz CT molecular complexity index is 675. The fraction of sp³-hybridized carbons (Fsp3) is 0.250. The number of nitrogens with one attached hydrogen (secondary N) is 1. The molecule has 0 spiro atoms. The van der Waals surface area contributed by atoms with E-state index in [0.29, 0.717) is 16.1 Å². The van der Waals surface area contributed by atoms with E-state index in [0.717, 1.165) is 10.4 Å². The van der Waals surface area contributed by atoms with Crippen molar-refractivity contribution >= 4 is 28.8 Å². The number of hydrogen-bond acceptors (Lipinski definition) is 3. The molecule has 0 aliphatic heterocycles. The van der Waals surface area contributed by atoms with Crippen molar-refractivity contribution in [3.63, 3.8) is 0 Å². The first-order valence-electron chi connectivity index (χ1n) is 6.60. The van der Waals surface area contributed by atoms with Crippen LogP contribution in [0.5, 0.6) is 0 Å². The Morgan fingerprint density at radius 3 is 2.29 bits per heavy atom. The van der Waals surface area contributed by atoms with Crippen molar-refractivity contribution in [3.05, 3.63) is 51.2 Å². The average molecular weight is 302 g/mol. The van der Waals surface area contributed by atoms with Crippen LogP contribution in [0.4, 0.5) is 5.69 Å². The molecule has 5 heteroatoms. The Labute approximate surface area is 128 Å². The molecule has 21 heavy (non-hydrogen) atoms. The molecule has 0 bridgehead atoms. The van der Waals surface area contributed by atoms with Crippen molar-refractivity contribution < 1.29 is 9.59 Å². The summed E-state index contributed by atoms with van der Waals surface area (Å²) in [6.45, 7) is 3.86. The number of hydrogen-bond donors (Lipinski definition) is 1. The van der Waals surface area contributed by atoms with Gasteiger partial charge in [0.1, 0.15) is 4.88 Å². The normalized spacial score (nSPS) is 10.3. The van der Waals surface area contributed by atoms with Crippen molar-refractivity contribution in [2.75, 3.05) is 19.4 Å². The van der Waals surface area contributed by atoms with Crippen LogP contribution in [-0.4, -0.2) is 30.8 Å². The molecule has 2 aromatic rings. The second-order valence-electron chi connectivity index (χ2n) is 5.01. The van der Waals surface area contributed by atoms with Crippen LogP contribution in [0.2, 0.25) is 0 Å². The van der Waals surface area contributed by atoms with Gasteiger partial charge in [0.15, 0.2) is 0 Å². The molecule has 0 aliphatic carbocycles. The summed E-state index contributed by atoms with van der Waals surface area (Å²) in [6.07, 6.45) is 0. The van der Waals surface area contributed by atoms with E-state index in [1.807, 2.05) is 32.0 Å². The number of rotatable bonds is 3. The average Bonchev–Trinajstić information content (AvgIpc) is 2.75. The molecule has 1 aromatic carbocycles. The Morgan fingerprint density at radius 1 is 1.10 bits per heavy atom. The summed E-state index contributed by atoms with van der Waals surface area (Å²) in [4.78, 5) is 27.6. The summed E-state index contributed by atoms with van der Waals surface area (Å²) < 4.78 is 0. The fourth-order valence-corrected chi connectivity index (χ4v) is 3.04. The summed E-state index contributed by atoms with van der Waals surface area (Å²) >= 11 is 1.41. The van der Waals surface area contributed by atoms with Gasteiger partial charge in [-0.25, -0.2) is 0 Å². The first-order chi connectivity index (χ1) is 9.91. The van der Waals surface area contributed by atoms with Gasteiger partial charge in [0, 0.05) is 24.5 Å². The quantitative estimate of drug-likeness (QED) is 0.945. The SMILES string of the molecule is Cc1sc(C(=O)N(C)C)c(NC(=O)c2ccccc2)c1C. The van der Waals surface area contributed by atoms with Crippen LogP contribution >= 0.6 is 11.3 Å². The molecular weight excluding hydrogens is 284 g/mol. The highest BCUT2D eigenvalue weighted by molar-refractivity contribution is 7.14. The summed E-state index contributed by atoms with van der Waals surface area (Å²) in [7, 11) is 3.41. The lowest BCUT2D eigenvalue weighted by Gasteiger charge is -2.12. The highest BCUT2D eigenvalue weighted by Gasteiger charge is 2.22. The maximum Gasteiger partial charge on any atom is 0.265 e. The standard InChI is InChI=1S/C16H18N2O2S/c1-10-11(2)21-14(16(20)18(3)4)13(10)17-15(19)12-8-6-5-7-9-12/h5-9H,1-4H3,(H,17,19). The maximum atomic E-state index is 12.3. The van der Waals surface area contributed by atoms with Gasteiger partial charge >= 0.3 is 0 Å². The minimum atomic E-state index is -0.204. The van der Waals surface area contributed by atoms with Crippen LogP contribution in [0.15, 0.2) is 30.3 Å². The highest BCUT2D eigenvalue weighted by atomic mass is 32.1.